The lowest BCUT2D eigenvalue weighted by molar-refractivity contribution is -0.120. The fourth-order valence-electron chi connectivity index (χ4n) is 3.62. The maximum atomic E-state index is 13.0. The lowest BCUT2D eigenvalue weighted by Crippen LogP contribution is -2.39. The molecule has 7 heteroatoms. The van der Waals surface area contributed by atoms with Gasteiger partial charge in [-0.1, -0.05) is 12.1 Å². The number of aryl methyl sites for hydroxylation is 1. The molecule has 1 amide bonds. The molecule has 3 aromatic rings. The summed E-state index contributed by atoms with van der Waals surface area (Å²) in [6, 6.07) is 11.0. The second-order valence-corrected chi connectivity index (χ2v) is 7.11. The van der Waals surface area contributed by atoms with E-state index in [1.807, 2.05) is 53.5 Å². The number of carbonyl (C=O) groups is 1. The summed E-state index contributed by atoms with van der Waals surface area (Å²) in [5, 5.41) is 7.39. The van der Waals surface area contributed by atoms with E-state index in [1.54, 1.807) is 12.4 Å². The van der Waals surface area contributed by atoms with Crippen molar-refractivity contribution >= 4 is 11.6 Å². The first-order chi connectivity index (χ1) is 14.2. The highest BCUT2D eigenvalue weighted by atomic mass is 16.5. The molecule has 1 aliphatic heterocycles. The highest BCUT2D eigenvalue weighted by Gasteiger charge is 2.31. The molecule has 29 heavy (non-hydrogen) atoms. The number of hydrogen-bond donors (Lipinski definition) is 1. The smallest absolute Gasteiger partial charge is 0.241 e. The third-order valence-electron chi connectivity index (χ3n) is 5.07. The van der Waals surface area contributed by atoms with Gasteiger partial charge in [0.1, 0.15) is 5.75 Å². The van der Waals surface area contributed by atoms with Gasteiger partial charge in [0.05, 0.1) is 24.1 Å². The highest BCUT2D eigenvalue weighted by Crippen LogP contribution is 2.30. The first-order valence-electron chi connectivity index (χ1n) is 9.96. The van der Waals surface area contributed by atoms with Gasteiger partial charge in [-0.05, 0) is 50.6 Å². The molecule has 1 N–H and O–H groups in total. The molecule has 1 aliphatic rings. The molecule has 0 unspecified atom stereocenters. The number of hydrogen-bond acceptors (Lipinski definition) is 5. The van der Waals surface area contributed by atoms with E-state index in [2.05, 4.69) is 27.2 Å². The zero-order chi connectivity index (χ0) is 20.1. The van der Waals surface area contributed by atoms with E-state index in [-0.39, 0.29) is 11.9 Å². The maximum absolute atomic E-state index is 13.0. The number of benzene rings is 1. The van der Waals surface area contributed by atoms with Crippen LogP contribution in [0.25, 0.3) is 0 Å². The number of carbonyl (C=O) groups excluding carboxylic acids is 1. The Morgan fingerprint density at radius 2 is 2.14 bits per heavy atom. The highest BCUT2D eigenvalue weighted by molar-refractivity contribution is 5.96. The summed E-state index contributed by atoms with van der Waals surface area (Å²) >= 11 is 0. The third kappa shape index (κ3) is 4.63. The van der Waals surface area contributed by atoms with E-state index in [9.17, 15) is 4.79 Å². The predicted octanol–water partition coefficient (Wildman–Crippen LogP) is 3.69. The van der Waals surface area contributed by atoms with Crippen LogP contribution in [-0.4, -0.2) is 38.2 Å². The molecular weight excluding hydrogens is 366 g/mol. The lowest BCUT2D eigenvalue weighted by Gasteiger charge is -2.23. The van der Waals surface area contributed by atoms with Crippen LogP contribution in [0.3, 0.4) is 0 Å². The molecule has 1 atom stereocenters. The molecule has 1 saturated heterocycles. The second-order valence-electron chi connectivity index (χ2n) is 7.11. The molecule has 0 bridgehead atoms. The van der Waals surface area contributed by atoms with Gasteiger partial charge in [-0.25, -0.2) is 0 Å². The minimum Gasteiger partial charge on any atom is -0.454 e. The number of anilines is 1. The molecule has 1 fully saturated rings. The second kappa shape index (κ2) is 8.87. The summed E-state index contributed by atoms with van der Waals surface area (Å²) in [7, 11) is 0. The van der Waals surface area contributed by atoms with E-state index < -0.39 is 0 Å². The van der Waals surface area contributed by atoms with Crippen molar-refractivity contribution in [2.24, 2.45) is 0 Å². The fourth-order valence-corrected chi connectivity index (χ4v) is 3.62. The van der Waals surface area contributed by atoms with Crippen molar-refractivity contribution in [3.8, 4) is 11.5 Å². The number of nitrogens with one attached hydrogen (secondary N) is 1. The molecule has 7 nitrogen and oxygen atoms in total. The van der Waals surface area contributed by atoms with Crippen molar-refractivity contribution in [2.45, 2.75) is 38.9 Å². The number of pyridine rings is 1. The van der Waals surface area contributed by atoms with E-state index in [1.165, 1.54) is 0 Å². The summed E-state index contributed by atoms with van der Waals surface area (Å²) in [4.78, 5) is 19.3. The Balaban J connectivity index is 1.44. The van der Waals surface area contributed by atoms with Crippen LogP contribution in [0.2, 0.25) is 0 Å². The first kappa shape index (κ1) is 19.1. The number of nitrogens with zero attached hydrogens (tertiary/aromatic N) is 4. The van der Waals surface area contributed by atoms with Crippen LogP contribution in [0.5, 0.6) is 11.5 Å². The Bertz CT molecular complexity index is 957. The van der Waals surface area contributed by atoms with Crippen LogP contribution in [0.4, 0.5) is 5.69 Å². The van der Waals surface area contributed by atoms with Gasteiger partial charge < -0.3 is 10.1 Å². The number of aromatic nitrogens is 3. The molecule has 1 aromatic carbocycles. The molecule has 0 aliphatic carbocycles. The van der Waals surface area contributed by atoms with Crippen molar-refractivity contribution in [3.63, 3.8) is 0 Å². The van der Waals surface area contributed by atoms with E-state index >= 15 is 0 Å². The van der Waals surface area contributed by atoms with Crippen LogP contribution in [0.1, 0.15) is 25.3 Å². The predicted molar refractivity (Wildman–Crippen MR) is 111 cm³/mol. The summed E-state index contributed by atoms with van der Waals surface area (Å²) < 4.78 is 7.82. The number of likely N-dealkylation sites (tertiary alicyclic amines) is 1. The molecule has 0 saturated carbocycles. The fraction of sp³-hybridized carbons (Fsp3) is 0.318. The molecule has 2 aromatic heterocycles. The minimum atomic E-state index is -0.161. The standard InChI is InChI=1S/C22H25N5O2/c1-2-27-16-17(13-24-27)15-26-12-6-9-20(26)22(28)25-19-8-3-4-10-21(19)29-18-7-5-11-23-14-18/h3-5,7-8,10-11,13-14,16,20H,2,6,9,12,15H2,1H3,(H,25,28)/t20-/m1/s1. The number of rotatable bonds is 7. The molecule has 3 heterocycles. The summed E-state index contributed by atoms with van der Waals surface area (Å²) in [6.45, 7) is 4.54. The Morgan fingerprint density at radius 1 is 1.24 bits per heavy atom. The number of amides is 1. The Kier molecular flexibility index (Phi) is 5.86. The zero-order valence-electron chi connectivity index (χ0n) is 16.5. The summed E-state index contributed by atoms with van der Waals surface area (Å²) in [6.07, 6.45) is 9.12. The van der Waals surface area contributed by atoms with Crippen molar-refractivity contribution in [1.29, 1.82) is 0 Å². The molecule has 0 spiro atoms. The lowest BCUT2D eigenvalue weighted by atomic mass is 10.2. The topological polar surface area (TPSA) is 72.3 Å². The van der Waals surface area contributed by atoms with Gasteiger partial charge in [0, 0.05) is 31.0 Å². The van der Waals surface area contributed by atoms with Crippen LogP contribution in [0, 0.1) is 0 Å². The largest absolute Gasteiger partial charge is 0.454 e. The average Bonchev–Trinajstić information content (AvgIpc) is 3.40. The molecular formula is C22H25N5O2. The summed E-state index contributed by atoms with van der Waals surface area (Å²) in [5.41, 5.74) is 1.79. The minimum absolute atomic E-state index is 0.00683. The number of para-hydroxylation sites is 2. The van der Waals surface area contributed by atoms with Crippen molar-refractivity contribution in [2.75, 3.05) is 11.9 Å². The third-order valence-corrected chi connectivity index (χ3v) is 5.07. The quantitative estimate of drug-likeness (QED) is 0.665. The van der Waals surface area contributed by atoms with Crippen molar-refractivity contribution in [3.05, 3.63) is 66.7 Å². The van der Waals surface area contributed by atoms with Gasteiger partial charge in [0.25, 0.3) is 0 Å². The monoisotopic (exact) mass is 391 g/mol. The molecule has 4 rings (SSSR count). The average molecular weight is 391 g/mol. The van der Waals surface area contributed by atoms with Crippen molar-refractivity contribution in [1.82, 2.24) is 19.7 Å². The first-order valence-corrected chi connectivity index (χ1v) is 9.96. The van der Waals surface area contributed by atoms with E-state index in [0.717, 1.165) is 38.0 Å². The maximum Gasteiger partial charge on any atom is 0.241 e. The zero-order valence-corrected chi connectivity index (χ0v) is 16.5. The van der Waals surface area contributed by atoms with Gasteiger partial charge in [0.15, 0.2) is 5.75 Å². The van der Waals surface area contributed by atoms with E-state index in [4.69, 9.17) is 4.74 Å². The normalized spacial score (nSPS) is 16.7. The molecule has 0 radical (unpaired) electrons. The Morgan fingerprint density at radius 3 is 2.93 bits per heavy atom. The Hall–Kier alpha value is -3.19. The van der Waals surface area contributed by atoms with Crippen LogP contribution >= 0.6 is 0 Å². The van der Waals surface area contributed by atoms with Gasteiger partial charge in [-0.3, -0.25) is 19.4 Å². The van der Waals surface area contributed by atoms with Crippen molar-refractivity contribution < 1.29 is 9.53 Å². The van der Waals surface area contributed by atoms with E-state index in [0.29, 0.717) is 17.2 Å². The van der Waals surface area contributed by atoms with Gasteiger partial charge in [-0.15, -0.1) is 0 Å². The summed E-state index contributed by atoms with van der Waals surface area (Å²) in [5.74, 6) is 1.22. The molecule has 150 valence electrons. The van der Waals surface area contributed by atoms with Crippen LogP contribution in [0.15, 0.2) is 61.2 Å². The van der Waals surface area contributed by atoms with Crippen LogP contribution < -0.4 is 10.1 Å². The Labute approximate surface area is 170 Å². The van der Waals surface area contributed by atoms with Gasteiger partial charge in [-0.2, -0.15) is 5.10 Å². The van der Waals surface area contributed by atoms with Crippen LogP contribution in [-0.2, 0) is 17.9 Å². The van der Waals surface area contributed by atoms with Gasteiger partial charge in [0.2, 0.25) is 5.91 Å². The van der Waals surface area contributed by atoms with Gasteiger partial charge >= 0.3 is 0 Å². The SMILES string of the molecule is CCn1cc(CN2CCC[C@@H]2C(=O)Nc2ccccc2Oc2cccnc2)cn1. The number of ether oxygens (including phenoxy) is 1.